The molecule has 3 heterocycles. The molecular formula is C28H26BN3O2. The molecule has 168 valence electrons. The fourth-order valence-corrected chi connectivity index (χ4v) is 4.40. The summed E-state index contributed by atoms with van der Waals surface area (Å²) >= 11 is 0. The average Bonchev–Trinajstić information content (AvgIpc) is 3.35. The van der Waals surface area contributed by atoms with Crippen LogP contribution in [0, 0.1) is 0 Å². The highest BCUT2D eigenvalue weighted by atomic mass is 16.7. The predicted molar refractivity (Wildman–Crippen MR) is 138 cm³/mol. The average molecular weight is 447 g/mol. The van der Waals surface area contributed by atoms with Crippen LogP contribution in [0.2, 0.25) is 0 Å². The van der Waals surface area contributed by atoms with Crippen LogP contribution in [0.1, 0.15) is 27.7 Å². The molecule has 2 aromatic heterocycles. The van der Waals surface area contributed by atoms with E-state index in [0.717, 1.165) is 38.4 Å². The standard InChI is InChI=1S/C28H26BN3O2/c1-27(2)28(3,4)34-29(33-27)22-15-14-20-17-32(18-21(20)16-22)26-30-24-13-9-8-12-23(24)25(31-26)19-10-6-5-7-11-19/h5-18H,1-4H3. The predicted octanol–water partition coefficient (Wildman–Crippen LogP) is 5.54. The summed E-state index contributed by atoms with van der Waals surface area (Å²) in [6, 6.07) is 24.7. The van der Waals surface area contributed by atoms with Gasteiger partial charge in [-0.05, 0) is 50.0 Å². The molecule has 6 rings (SSSR count). The Morgan fingerprint density at radius 3 is 2.18 bits per heavy atom. The number of aromatic nitrogens is 3. The SMILES string of the molecule is CC1(C)OB(c2ccc3cn(-c4nc(-c5ccccc5)c5ccccc5n4)cc3c2)OC1(C)C. The summed E-state index contributed by atoms with van der Waals surface area (Å²) in [6.45, 7) is 8.29. The van der Waals surface area contributed by atoms with Crippen LogP contribution in [-0.2, 0) is 9.31 Å². The van der Waals surface area contributed by atoms with Crippen LogP contribution in [0.3, 0.4) is 0 Å². The third-order valence-electron chi connectivity index (χ3n) is 7.06. The Balaban J connectivity index is 1.43. The number of nitrogens with zero attached hydrogens (tertiary/aromatic N) is 3. The maximum Gasteiger partial charge on any atom is 0.494 e. The van der Waals surface area contributed by atoms with E-state index >= 15 is 0 Å². The summed E-state index contributed by atoms with van der Waals surface area (Å²) in [5, 5.41) is 3.24. The minimum Gasteiger partial charge on any atom is -0.399 e. The molecule has 5 aromatic rings. The summed E-state index contributed by atoms with van der Waals surface area (Å²) in [5.74, 6) is 0.644. The Labute approximate surface area is 199 Å². The maximum absolute atomic E-state index is 6.25. The van der Waals surface area contributed by atoms with Gasteiger partial charge in [0.2, 0.25) is 5.95 Å². The van der Waals surface area contributed by atoms with Crippen LogP contribution < -0.4 is 5.46 Å². The lowest BCUT2D eigenvalue weighted by atomic mass is 9.78. The van der Waals surface area contributed by atoms with E-state index in [1.807, 2.05) is 41.0 Å². The van der Waals surface area contributed by atoms with Gasteiger partial charge in [0.05, 0.1) is 22.4 Å². The van der Waals surface area contributed by atoms with Gasteiger partial charge in [0, 0.05) is 23.3 Å². The molecule has 1 aliphatic heterocycles. The molecule has 0 amide bonds. The van der Waals surface area contributed by atoms with Gasteiger partial charge >= 0.3 is 7.12 Å². The van der Waals surface area contributed by atoms with Gasteiger partial charge in [-0.3, -0.25) is 4.57 Å². The van der Waals surface area contributed by atoms with Gasteiger partial charge in [0.15, 0.2) is 0 Å². The Kier molecular flexibility index (Phi) is 4.66. The van der Waals surface area contributed by atoms with Crippen molar-refractivity contribution < 1.29 is 9.31 Å². The molecule has 6 heteroatoms. The lowest BCUT2D eigenvalue weighted by molar-refractivity contribution is 0.00578. The molecule has 1 saturated heterocycles. The summed E-state index contributed by atoms with van der Waals surface area (Å²) in [7, 11) is -0.389. The zero-order valence-corrected chi connectivity index (χ0v) is 19.8. The second-order valence-electron chi connectivity index (χ2n) is 9.90. The fourth-order valence-electron chi connectivity index (χ4n) is 4.40. The van der Waals surface area contributed by atoms with Gasteiger partial charge in [-0.15, -0.1) is 0 Å². The molecule has 0 N–H and O–H groups in total. The lowest BCUT2D eigenvalue weighted by Crippen LogP contribution is -2.41. The smallest absolute Gasteiger partial charge is 0.399 e. The molecule has 1 fully saturated rings. The number of benzene rings is 3. The minimum absolute atomic E-state index is 0.370. The zero-order chi connectivity index (χ0) is 23.5. The molecule has 3 aromatic carbocycles. The first-order chi connectivity index (χ1) is 16.3. The van der Waals surface area contributed by atoms with Crippen molar-refractivity contribution in [3.05, 3.63) is 85.2 Å². The van der Waals surface area contributed by atoms with Crippen molar-refractivity contribution in [3.8, 4) is 17.2 Å². The normalized spacial score (nSPS) is 17.0. The molecule has 5 nitrogen and oxygen atoms in total. The van der Waals surface area contributed by atoms with E-state index in [-0.39, 0.29) is 18.3 Å². The van der Waals surface area contributed by atoms with Gasteiger partial charge in [0.25, 0.3) is 0 Å². The zero-order valence-electron chi connectivity index (χ0n) is 19.8. The third kappa shape index (κ3) is 3.42. The number of fused-ring (bicyclic) bond motifs is 2. The molecule has 0 saturated carbocycles. The van der Waals surface area contributed by atoms with Crippen molar-refractivity contribution in [3.63, 3.8) is 0 Å². The first kappa shape index (κ1) is 21.1. The van der Waals surface area contributed by atoms with E-state index in [2.05, 4.69) is 76.5 Å². The van der Waals surface area contributed by atoms with Crippen LogP contribution in [0.4, 0.5) is 0 Å². The summed E-state index contributed by atoms with van der Waals surface area (Å²) in [4.78, 5) is 9.84. The van der Waals surface area contributed by atoms with E-state index in [9.17, 15) is 0 Å². The highest BCUT2D eigenvalue weighted by Crippen LogP contribution is 2.36. The second kappa shape index (κ2) is 7.52. The lowest BCUT2D eigenvalue weighted by Gasteiger charge is -2.32. The number of hydrogen-bond acceptors (Lipinski definition) is 4. The van der Waals surface area contributed by atoms with E-state index in [4.69, 9.17) is 19.3 Å². The van der Waals surface area contributed by atoms with Crippen molar-refractivity contribution in [1.29, 1.82) is 0 Å². The van der Waals surface area contributed by atoms with Crippen molar-refractivity contribution in [1.82, 2.24) is 14.5 Å². The molecule has 0 spiro atoms. The van der Waals surface area contributed by atoms with E-state index in [0.29, 0.717) is 5.95 Å². The van der Waals surface area contributed by atoms with Gasteiger partial charge in [-0.25, -0.2) is 9.97 Å². The van der Waals surface area contributed by atoms with Crippen molar-refractivity contribution in [2.75, 3.05) is 0 Å². The molecule has 0 aliphatic carbocycles. The van der Waals surface area contributed by atoms with Crippen LogP contribution in [0.25, 0.3) is 38.9 Å². The number of hydrogen-bond donors (Lipinski definition) is 0. The van der Waals surface area contributed by atoms with Crippen LogP contribution in [0.5, 0.6) is 0 Å². The summed E-state index contributed by atoms with van der Waals surface area (Å²) in [5.41, 5.74) is 3.19. The van der Waals surface area contributed by atoms with Crippen LogP contribution in [-0.4, -0.2) is 32.9 Å². The Morgan fingerprint density at radius 2 is 1.41 bits per heavy atom. The first-order valence-electron chi connectivity index (χ1n) is 11.6. The van der Waals surface area contributed by atoms with Gasteiger partial charge in [-0.1, -0.05) is 66.7 Å². The maximum atomic E-state index is 6.25. The monoisotopic (exact) mass is 447 g/mol. The van der Waals surface area contributed by atoms with Crippen LogP contribution >= 0.6 is 0 Å². The Bertz CT molecular complexity index is 1510. The highest BCUT2D eigenvalue weighted by Gasteiger charge is 2.51. The second-order valence-corrected chi connectivity index (χ2v) is 9.90. The Morgan fingerprint density at radius 1 is 0.735 bits per heavy atom. The third-order valence-corrected chi connectivity index (χ3v) is 7.06. The van der Waals surface area contributed by atoms with Gasteiger partial charge < -0.3 is 9.31 Å². The topological polar surface area (TPSA) is 49.2 Å². The molecule has 1 aliphatic rings. The van der Waals surface area contributed by atoms with Crippen molar-refractivity contribution in [2.45, 2.75) is 38.9 Å². The largest absolute Gasteiger partial charge is 0.494 e. The van der Waals surface area contributed by atoms with Crippen molar-refractivity contribution in [2.24, 2.45) is 0 Å². The summed E-state index contributed by atoms with van der Waals surface area (Å²) < 4.78 is 14.5. The fraction of sp³-hybridized carbons (Fsp3) is 0.214. The molecule has 0 bridgehead atoms. The van der Waals surface area contributed by atoms with Gasteiger partial charge in [-0.2, -0.15) is 0 Å². The van der Waals surface area contributed by atoms with E-state index < -0.39 is 0 Å². The molecular weight excluding hydrogens is 421 g/mol. The van der Waals surface area contributed by atoms with Gasteiger partial charge in [0.1, 0.15) is 0 Å². The molecule has 0 radical (unpaired) electrons. The van der Waals surface area contributed by atoms with Crippen molar-refractivity contribution >= 4 is 34.3 Å². The first-order valence-corrected chi connectivity index (χ1v) is 11.6. The Hall–Kier alpha value is -3.48. The number of para-hydroxylation sites is 1. The minimum atomic E-state index is -0.389. The number of rotatable bonds is 3. The van der Waals surface area contributed by atoms with E-state index in [1.54, 1.807) is 0 Å². The quantitative estimate of drug-likeness (QED) is 0.341. The summed E-state index contributed by atoms with van der Waals surface area (Å²) in [6.07, 6.45) is 4.14. The molecule has 34 heavy (non-hydrogen) atoms. The highest BCUT2D eigenvalue weighted by molar-refractivity contribution is 6.62. The van der Waals surface area contributed by atoms with E-state index in [1.165, 1.54) is 0 Å². The molecule has 0 atom stereocenters. The molecule has 0 unspecified atom stereocenters. The van der Waals surface area contributed by atoms with Crippen LogP contribution in [0.15, 0.2) is 85.2 Å².